The Labute approximate surface area is 203 Å². The van der Waals surface area contributed by atoms with E-state index in [1.807, 2.05) is 0 Å². The molecule has 3 aromatic carbocycles. The molecule has 0 aliphatic carbocycles. The van der Waals surface area contributed by atoms with Crippen molar-refractivity contribution >= 4 is 22.6 Å². The van der Waals surface area contributed by atoms with E-state index in [1.54, 1.807) is 24.3 Å². The number of ether oxygens (including phenoxy) is 3. The van der Waals surface area contributed by atoms with Crippen LogP contribution in [0.15, 0.2) is 69.9 Å². The Morgan fingerprint density at radius 2 is 1.50 bits per heavy atom. The number of hydrogen-bond donors (Lipinski definition) is 1. The lowest BCUT2D eigenvalue weighted by atomic mass is 10.1. The molecular weight excluding hydrogens is 479 g/mol. The molecular formula is C26H20F3NO6. The maximum Gasteiger partial charge on any atom is 0.416 e. The molecule has 0 bridgehead atoms. The summed E-state index contributed by atoms with van der Waals surface area (Å²) < 4.78 is 60.1. The summed E-state index contributed by atoms with van der Waals surface area (Å²) in [7, 11) is 4.28. The van der Waals surface area contributed by atoms with E-state index >= 15 is 0 Å². The summed E-state index contributed by atoms with van der Waals surface area (Å²) in [4.78, 5) is 25.3. The Morgan fingerprint density at radius 1 is 0.861 bits per heavy atom. The number of fused-ring (bicyclic) bond motifs is 1. The fraction of sp³-hybridized carbons (Fsp3) is 0.154. The van der Waals surface area contributed by atoms with Crippen LogP contribution in [0.4, 0.5) is 18.9 Å². The van der Waals surface area contributed by atoms with Gasteiger partial charge in [-0.2, -0.15) is 13.2 Å². The fourth-order valence-corrected chi connectivity index (χ4v) is 3.66. The first-order valence-corrected chi connectivity index (χ1v) is 10.5. The standard InChI is InChI=1S/C26H20F3NO6/c1-33-21-13-20-22(24(35-3)23(21)34-2)18(31)12-19(36-20)14-6-10-17(11-7-14)30-25(32)15-4-8-16(9-5-15)26(27,28)29/h4-13H,1-3H3,(H,30,32). The van der Waals surface area contributed by atoms with Crippen molar-refractivity contribution in [3.8, 4) is 28.6 Å². The summed E-state index contributed by atoms with van der Waals surface area (Å²) in [5, 5.41) is 2.81. The van der Waals surface area contributed by atoms with Crippen LogP contribution in [0.25, 0.3) is 22.3 Å². The van der Waals surface area contributed by atoms with E-state index in [9.17, 15) is 22.8 Å². The Balaban J connectivity index is 1.61. The number of rotatable bonds is 6. The number of methoxy groups -OCH3 is 3. The molecule has 0 saturated heterocycles. The Kier molecular flexibility index (Phi) is 6.61. The number of amides is 1. The predicted molar refractivity (Wildman–Crippen MR) is 127 cm³/mol. The summed E-state index contributed by atoms with van der Waals surface area (Å²) in [5.41, 5.74) is 0.0606. The van der Waals surface area contributed by atoms with Gasteiger partial charge in [0.25, 0.3) is 5.91 Å². The zero-order valence-corrected chi connectivity index (χ0v) is 19.4. The number of benzene rings is 3. The minimum atomic E-state index is -4.48. The molecule has 0 saturated carbocycles. The smallest absolute Gasteiger partial charge is 0.416 e. The first kappa shape index (κ1) is 24.6. The zero-order chi connectivity index (χ0) is 26.0. The normalized spacial score (nSPS) is 11.3. The number of alkyl halides is 3. The van der Waals surface area contributed by atoms with Gasteiger partial charge in [0, 0.05) is 28.9 Å². The molecule has 1 heterocycles. The van der Waals surface area contributed by atoms with Crippen molar-refractivity contribution in [3.63, 3.8) is 0 Å². The maximum atomic E-state index is 12.9. The lowest BCUT2D eigenvalue weighted by molar-refractivity contribution is -0.137. The van der Waals surface area contributed by atoms with Crippen molar-refractivity contribution in [2.24, 2.45) is 0 Å². The lowest BCUT2D eigenvalue weighted by Crippen LogP contribution is -2.12. The summed E-state index contributed by atoms with van der Waals surface area (Å²) in [6, 6.07) is 13.2. The summed E-state index contributed by atoms with van der Waals surface area (Å²) >= 11 is 0. The molecule has 0 aliphatic heterocycles. The van der Waals surface area contributed by atoms with Gasteiger partial charge in [0.1, 0.15) is 16.7 Å². The van der Waals surface area contributed by atoms with Crippen LogP contribution in [0, 0.1) is 0 Å². The highest BCUT2D eigenvalue weighted by molar-refractivity contribution is 6.04. The molecule has 4 rings (SSSR count). The van der Waals surface area contributed by atoms with E-state index in [2.05, 4.69) is 5.32 Å². The van der Waals surface area contributed by atoms with Gasteiger partial charge in [0.15, 0.2) is 16.9 Å². The Morgan fingerprint density at radius 3 is 2.06 bits per heavy atom. The van der Waals surface area contributed by atoms with Crippen LogP contribution >= 0.6 is 0 Å². The van der Waals surface area contributed by atoms with Gasteiger partial charge in [-0.3, -0.25) is 9.59 Å². The third-order valence-corrected chi connectivity index (χ3v) is 5.42. The third kappa shape index (κ3) is 4.70. The van der Waals surface area contributed by atoms with Gasteiger partial charge in [0.05, 0.1) is 26.9 Å². The average Bonchev–Trinajstić information content (AvgIpc) is 2.87. The monoisotopic (exact) mass is 499 g/mol. The summed E-state index contributed by atoms with van der Waals surface area (Å²) in [6.45, 7) is 0. The Bertz CT molecular complexity index is 1480. The second-order valence-corrected chi connectivity index (χ2v) is 7.60. The van der Waals surface area contributed by atoms with E-state index < -0.39 is 17.6 Å². The van der Waals surface area contributed by atoms with Crippen molar-refractivity contribution in [1.29, 1.82) is 0 Å². The topological polar surface area (TPSA) is 87.0 Å². The first-order valence-electron chi connectivity index (χ1n) is 10.5. The van der Waals surface area contributed by atoms with E-state index in [-0.39, 0.29) is 39.2 Å². The highest BCUT2D eigenvalue weighted by Crippen LogP contribution is 2.42. The molecule has 0 spiro atoms. The first-order chi connectivity index (χ1) is 17.2. The van der Waals surface area contributed by atoms with Crippen molar-refractivity contribution in [1.82, 2.24) is 0 Å². The van der Waals surface area contributed by atoms with Gasteiger partial charge in [-0.05, 0) is 48.5 Å². The molecule has 4 aromatic rings. The maximum absolute atomic E-state index is 12.9. The predicted octanol–water partition coefficient (Wildman–Crippen LogP) is 5.76. The van der Waals surface area contributed by atoms with Crippen molar-refractivity contribution in [2.45, 2.75) is 6.18 Å². The van der Waals surface area contributed by atoms with Crippen LogP contribution in [0.5, 0.6) is 17.2 Å². The number of anilines is 1. The largest absolute Gasteiger partial charge is 0.493 e. The molecule has 0 aliphatic rings. The summed E-state index contributed by atoms with van der Waals surface area (Å²) in [6.07, 6.45) is -4.48. The van der Waals surface area contributed by atoms with E-state index in [0.29, 0.717) is 17.0 Å². The van der Waals surface area contributed by atoms with Crippen LogP contribution in [-0.2, 0) is 6.18 Å². The van der Waals surface area contributed by atoms with Crippen LogP contribution in [0.3, 0.4) is 0 Å². The molecule has 186 valence electrons. The third-order valence-electron chi connectivity index (χ3n) is 5.42. The van der Waals surface area contributed by atoms with Gasteiger partial charge in [-0.1, -0.05) is 0 Å². The van der Waals surface area contributed by atoms with Crippen LogP contribution < -0.4 is 25.0 Å². The molecule has 0 radical (unpaired) electrons. The molecule has 10 heteroatoms. The van der Waals surface area contributed by atoms with Gasteiger partial charge in [-0.25, -0.2) is 0 Å². The molecule has 36 heavy (non-hydrogen) atoms. The van der Waals surface area contributed by atoms with Gasteiger partial charge in [0.2, 0.25) is 5.75 Å². The van der Waals surface area contributed by atoms with Crippen LogP contribution in [0.2, 0.25) is 0 Å². The van der Waals surface area contributed by atoms with E-state index in [4.69, 9.17) is 18.6 Å². The van der Waals surface area contributed by atoms with Gasteiger partial charge >= 0.3 is 6.18 Å². The zero-order valence-electron chi connectivity index (χ0n) is 19.4. The number of hydrogen-bond acceptors (Lipinski definition) is 6. The second kappa shape index (κ2) is 9.65. The molecule has 1 aromatic heterocycles. The SMILES string of the molecule is COc1cc2oc(-c3ccc(NC(=O)c4ccc(C(F)(F)F)cc4)cc3)cc(=O)c2c(OC)c1OC. The molecule has 0 unspecified atom stereocenters. The Hall–Kier alpha value is -4.47. The fourth-order valence-electron chi connectivity index (χ4n) is 3.66. The number of carbonyl (C=O) groups is 1. The number of nitrogens with one attached hydrogen (secondary N) is 1. The van der Waals surface area contributed by atoms with Crippen LogP contribution in [0.1, 0.15) is 15.9 Å². The molecule has 7 nitrogen and oxygen atoms in total. The minimum Gasteiger partial charge on any atom is -0.493 e. The summed E-state index contributed by atoms with van der Waals surface area (Å²) in [5.74, 6) is 0.474. The van der Waals surface area contributed by atoms with Crippen molar-refractivity contribution < 1.29 is 36.6 Å². The minimum absolute atomic E-state index is 0.0749. The molecule has 1 N–H and O–H groups in total. The molecule has 0 fully saturated rings. The van der Waals surface area contributed by atoms with Gasteiger partial charge in [-0.15, -0.1) is 0 Å². The van der Waals surface area contributed by atoms with E-state index in [1.165, 1.54) is 33.5 Å². The lowest BCUT2D eigenvalue weighted by Gasteiger charge is -2.14. The quantitative estimate of drug-likeness (QED) is 0.363. The van der Waals surface area contributed by atoms with Crippen molar-refractivity contribution in [2.75, 3.05) is 26.6 Å². The van der Waals surface area contributed by atoms with Crippen LogP contribution in [-0.4, -0.2) is 27.2 Å². The number of halogens is 3. The highest BCUT2D eigenvalue weighted by atomic mass is 19.4. The molecule has 1 amide bonds. The molecule has 0 atom stereocenters. The highest BCUT2D eigenvalue weighted by Gasteiger charge is 2.30. The van der Waals surface area contributed by atoms with Gasteiger partial charge < -0.3 is 23.9 Å². The van der Waals surface area contributed by atoms with Crippen molar-refractivity contribution in [3.05, 3.63) is 82.0 Å². The second-order valence-electron chi connectivity index (χ2n) is 7.60. The average molecular weight is 499 g/mol. The van der Waals surface area contributed by atoms with E-state index in [0.717, 1.165) is 24.3 Å². The number of carbonyl (C=O) groups excluding carboxylic acids is 1.